The predicted molar refractivity (Wildman–Crippen MR) is 69.4 cm³/mol. The summed E-state index contributed by atoms with van der Waals surface area (Å²) in [6, 6.07) is 2.95. The molecule has 0 aliphatic rings. The normalized spacial score (nSPS) is 13.0. The fourth-order valence-corrected chi connectivity index (χ4v) is 2.78. The average molecular weight is 393 g/mol. The highest BCUT2D eigenvalue weighted by Crippen LogP contribution is 2.41. The molecule has 0 radical (unpaired) electrons. The van der Waals surface area contributed by atoms with Gasteiger partial charge in [-0.3, -0.25) is 0 Å². The second kappa shape index (κ2) is 5.31. The van der Waals surface area contributed by atoms with Crippen LogP contribution in [0.4, 0.5) is 26.3 Å². The molecule has 0 unspecified atom stereocenters. The summed E-state index contributed by atoms with van der Waals surface area (Å²) in [4.78, 5) is 3.19. The van der Waals surface area contributed by atoms with Crippen LogP contribution < -0.4 is 0 Å². The summed E-state index contributed by atoms with van der Waals surface area (Å²) in [7, 11) is 0. The van der Waals surface area contributed by atoms with E-state index < -0.39 is 23.6 Å². The van der Waals surface area contributed by atoms with Crippen molar-refractivity contribution in [2.24, 2.45) is 0 Å². The van der Waals surface area contributed by atoms with Gasteiger partial charge in [-0.1, -0.05) is 33.6 Å². The molecule has 0 fully saturated rings. The van der Waals surface area contributed by atoms with Crippen LogP contribution in [0.5, 0.6) is 0 Å². The Kier molecular flexibility index (Phi) is 4.14. The highest BCUT2D eigenvalue weighted by Gasteiger charge is 2.45. The van der Waals surface area contributed by atoms with E-state index in [1.165, 1.54) is 12.1 Å². The van der Waals surface area contributed by atoms with Crippen LogP contribution in [-0.2, 0) is 17.7 Å². The van der Waals surface area contributed by atoms with Crippen molar-refractivity contribution < 1.29 is 26.3 Å². The summed E-state index contributed by atoms with van der Waals surface area (Å²) < 4.78 is 76.9. The second-order valence-corrected chi connectivity index (χ2v) is 5.08. The molecule has 114 valence electrons. The zero-order valence-corrected chi connectivity index (χ0v) is 12.3. The molecule has 1 aromatic carbocycles. The number of alkyl halides is 7. The molecule has 0 aliphatic heterocycles. The van der Waals surface area contributed by atoms with Crippen molar-refractivity contribution in [1.82, 2.24) is 4.98 Å². The number of benzene rings is 1. The monoisotopic (exact) mass is 391 g/mol. The maximum Gasteiger partial charge on any atom is 0.433 e. The maximum absolute atomic E-state index is 12.8. The lowest BCUT2D eigenvalue weighted by molar-refractivity contribution is -0.164. The molecule has 0 spiro atoms. The lowest BCUT2D eigenvalue weighted by Gasteiger charge is -2.16. The van der Waals surface area contributed by atoms with Crippen molar-refractivity contribution in [2.45, 2.75) is 17.7 Å². The van der Waals surface area contributed by atoms with Gasteiger partial charge in [-0.15, -0.1) is 0 Å². The number of pyridine rings is 1. The van der Waals surface area contributed by atoms with Crippen LogP contribution in [0.1, 0.15) is 16.8 Å². The molecule has 0 aliphatic carbocycles. The highest BCUT2D eigenvalue weighted by molar-refractivity contribution is 9.08. The number of rotatable bonds is 1. The van der Waals surface area contributed by atoms with Crippen molar-refractivity contribution in [3.8, 4) is 0 Å². The predicted octanol–water partition coefficient (Wildman–Crippen LogP) is 5.82. The molecule has 1 heterocycles. The molecule has 0 bridgehead atoms. The van der Waals surface area contributed by atoms with E-state index in [0.717, 1.165) is 0 Å². The van der Waals surface area contributed by atoms with Crippen LogP contribution in [-0.4, -0.2) is 4.98 Å². The largest absolute Gasteiger partial charge is 0.433 e. The van der Waals surface area contributed by atoms with E-state index >= 15 is 0 Å². The molecule has 21 heavy (non-hydrogen) atoms. The second-order valence-electron chi connectivity index (χ2n) is 4.11. The number of nitrogens with zero attached hydrogens (tertiary/aromatic N) is 1. The first kappa shape index (κ1) is 16.4. The molecule has 2 aromatic rings. The van der Waals surface area contributed by atoms with Crippen molar-refractivity contribution in [1.29, 1.82) is 0 Å². The minimum atomic E-state index is -5.22. The lowest BCUT2D eigenvalue weighted by Crippen LogP contribution is -2.18. The third kappa shape index (κ3) is 3.11. The van der Waals surface area contributed by atoms with Gasteiger partial charge >= 0.3 is 12.4 Å². The van der Waals surface area contributed by atoms with E-state index in [9.17, 15) is 26.3 Å². The summed E-state index contributed by atoms with van der Waals surface area (Å²) >= 11 is 8.86. The summed E-state index contributed by atoms with van der Waals surface area (Å²) in [5.41, 5.74) is -3.79. The molecule has 0 saturated heterocycles. The minimum Gasteiger partial charge on any atom is -0.242 e. The fraction of sp³-hybridized carbons (Fsp3) is 0.250. The van der Waals surface area contributed by atoms with Crippen LogP contribution in [0.3, 0.4) is 0 Å². The summed E-state index contributed by atoms with van der Waals surface area (Å²) in [6.07, 6.45) is -10.4. The Balaban J connectivity index is 2.91. The average Bonchev–Trinajstić information content (AvgIpc) is 2.35. The summed E-state index contributed by atoms with van der Waals surface area (Å²) in [5, 5.41) is 0.132. The van der Waals surface area contributed by atoms with Crippen molar-refractivity contribution in [3.63, 3.8) is 0 Å². The molecule has 1 nitrogen and oxygen atoms in total. The maximum atomic E-state index is 12.8. The molecule has 2 rings (SSSR count). The molecule has 0 atom stereocenters. The minimum absolute atomic E-state index is 0.0609. The number of aromatic nitrogens is 1. The van der Waals surface area contributed by atoms with E-state index in [1.54, 1.807) is 0 Å². The smallest absolute Gasteiger partial charge is 0.242 e. The SMILES string of the molecule is FC(F)(F)c1cc2ccc(Cl)c(CBr)c2nc1C(F)(F)F. The van der Waals surface area contributed by atoms with Gasteiger partial charge in [-0.25, -0.2) is 4.98 Å². The zero-order valence-electron chi connectivity index (χ0n) is 9.91. The van der Waals surface area contributed by atoms with Gasteiger partial charge in [0.25, 0.3) is 0 Å². The van der Waals surface area contributed by atoms with Crippen molar-refractivity contribution in [2.75, 3.05) is 0 Å². The van der Waals surface area contributed by atoms with Crippen LogP contribution in [0.25, 0.3) is 10.9 Å². The molecule has 0 N–H and O–H groups in total. The molecular formula is C12H5BrClF6N. The van der Waals surface area contributed by atoms with Crippen LogP contribution in [0.15, 0.2) is 18.2 Å². The van der Waals surface area contributed by atoms with Gasteiger partial charge in [0.2, 0.25) is 0 Å². The van der Waals surface area contributed by atoms with Crippen LogP contribution in [0, 0.1) is 0 Å². The first-order valence-electron chi connectivity index (χ1n) is 5.38. The summed E-state index contributed by atoms with van der Waals surface area (Å²) in [6.45, 7) is 0. The van der Waals surface area contributed by atoms with Gasteiger partial charge in [0.15, 0.2) is 5.69 Å². The van der Waals surface area contributed by atoms with Crippen molar-refractivity contribution >= 4 is 38.4 Å². The Bertz CT molecular complexity index is 695. The number of hydrogen-bond acceptors (Lipinski definition) is 1. The Morgan fingerprint density at radius 3 is 2.14 bits per heavy atom. The fourth-order valence-electron chi connectivity index (χ4n) is 1.83. The lowest BCUT2D eigenvalue weighted by atomic mass is 10.1. The van der Waals surface area contributed by atoms with Gasteiger partial charge in [-0.2, -0.15) is 26.3 Å². The zero-order chi connectivity index (χ0) is 16.0. The Morgan fingerprint density at radius 1 is 1.05 bits per heavy atom. The standard InChI is InChI=1S/C12H5BrClF6N/c13-4-6-8(14)2-1-5-3-7(11(15,16)17)10(12(18,19)20)21-9(5)6/h1-3H,4H2. The van der Waals surface area contributed by atoms with Gasteiger partial charge in [0, 0.05) is 21.3 Å². The first-order chi connectivity index (χ1) is 9.55. The van der Waals surface area contributed by atoms with E-state index in [2.05, 4.69) is 20.9 Å². The third-order valence-electron chi connectivity index (χ3n) is 2.74. The van der Waals surface area contributed by atoms with Gasteiger partial charge in [0.05, 0.1) is 11.1 Å². The van der Waals surface area contributed by atoms with E-state index in [-0.39, 0.29) is 26.8 Å². The molecule has 0 saturated carbocycles. The van der Waals surface area contributed by atoms with E-state index in [0.29, 0.717) is 6.07 Å². The van der Waals surface area contributed by atoms with Gasteiger partial charge in [0.1, 0.15) is 0 Å². The number of hydrogen-bond donors (Lipinski definition) is 0. The third-order valence-corrected chi connectivity index (χ3v) is 3.66. The topological polar surface area (TPSA) is 12.9 Å². The molecular weight excluding hydrogens is 387 g/mol. The van der Waals surface area contributed by atoms with E-state index in [1.807, 2.05) is 0 Å². The quantitative estimate of drug-likeness (QED) is 0.440. The van der Waals surface area contributed by atoms with Crippen LogP contribution >= 0.6 is 27.5 Å². The van der Waals surface area contributed by atoms with Crippen LogP contribution in [0.2, 0.25) is 5.02 Å². The Hall–Kier alpha value is -1.02. The molecule has 9 heteroatoms. The summed E-state index contributed by atoms with van der Waals surface area (Å²) in [5.74, 6) is 0. The van der Waals surface area contributed by atoms with E-state index in [4.69, 9.17) is 11.6 Å². The Morgan fingerprint density at radius 2 is 1.67 bits per heavy atom. The molecule has 1 aromatic heterocycles. The molecule has 0 amide bonds. The van der Waals surface area contributed by atoms with Gasteiger partial charge in [-0.05, 0) is 12.1 Å². The number of fused-ring (bicyclic) bond motifs is 1. The highest BCUT2D eigenvalue weighted by atomic mass is 79.9. The first-order valence-corrected chi connectivity index (χ1v) is 6.88. The van der Waals surface area contributed by atoms with Gasteiger partial charge < -0.3 is 0 Å². The van der Waals surface area contributed by atoms with Crippen molar-refractivity contribution in [3.05, 3.63) is 40.0 Å². The number of halogens is 8. The Labute approximate surface area is 128 Å².